The number of carbonyl (C=O) groups is 1. The third kappa shape index (κ3) is 3.40. The maximum absolute atomic E-state index is 13.1. The number of hydrogen-bond donors (Lipinski definition) is 0. The number of esters is 1. The zero-order chi connectivity index (χ0) is 13.0. The van der Waals surface area contributed by atoms with Gasteiger partial charge in [0.05, 0.1) is 11.1 Å². The molecule has 0 saturated carbocycles. The van der Waals surface area contributed by atoms with Crippen molar-refractivity contribution in [3.63, 3.8) is 0 Å². The average Bonchev–Trinajstić information content (AvgIpc) is 2.31. The van der Waals surface area contributed by atoms with Crippen molar-refractivity contribution < 1.29 is 13.9 Å². The van der Waals surface area contributed by atoms with Crippen LogP contribution in [-0.4, -0.2) is 12.6 Å². The van der Waals surface area contributed by atoms with Crippen LogP contribution in [0.2, 0.25) is 0 Å². The lowest BCUT2D eigenvalue weighted by atomic mass is 10.0. The summed E-state index contributed by atoms with van der Waals surface area (Å²) in [5.74, 6) is -0.666. The summed E-state index contributed by atoms with van der Waals surface area (Å²) in [7, 11) is 0. The Labute approximate surface area is 109 Å². The number of ether oxygens (including phenoxy) is 1. The highest BCUT2D eigenvalue weighted by Crippen LogP contribution is 2.24. The molecule has 0 radical (unpaired) electrons. The van der Waals surface area contributed by atoms with Crippen molar-refractivity contribution in [1.29, 1.82) is 0 Å². The molecule has 0 unspecified atom stereocenters. The number of halogens is 2. The van der Waals surface area contributed by atoms with Gasteiger partial charge in [0.1, 0.15) is 5.82 Å². The van der Waals surface area contributed by atoms with Crippen LogP contribution >= 0.6 is 15.9 Å². The first-order chi connectivity index (χ1) is 7.97. The molecule has 0 saturated heterocycles. The van der Waals surface area contributed by atoms with Gasteiger partial charge >= 0.3 is 5.97 Å². The van der Waals surface area contributed by atoms with Gasteiger partial charge in [0.2, 0.25) is 0 Å². The van der Waals surface area contributed by atoms with Crippen LogP contribution in [0, 0.1) is 5.82 Å². The first kappa shape index (κ1) is 13.9. The van der Waals surface area contributed by atoms with Crippen LogP contribution in [0.5, 0.6) is 0 Å². The molecule has 4 heteroatoms. The largest absolute Gasteiger partial charge is 0.463 e. The number of hydrogen-bond acceptors (Lipinski definition) is 2. The predicted molar refractivity (Wildman–Crippen MR) is 69.0 cm³/mol. The maximum Gasteiger partial charge on any atom is 0.333 e. The highest BCUT2D eigenvalue weighted by Gasteiger charge is 2.11. The first-order valence-corrected chi connectivity index (χ1v) is 6.06. The topological polar surface area (TPSA) is 26.3 Å². The highest BCUT2D eigenvalue weighted by atomic mass is 79.9. The SMILES string of the molecule is CCOC(=O)/C(C)=C(/C)c1ccc(F)c(Br)c1. The fraction of sp³-hybridized carbons (Fsp3) is 0.308. The van der Waals surface area contributed by atoms with E-state index in [4.69, 9.17) is 4.74 Å². The Bertz CT molecular complexity index is 466. The van der Waals surface area contributed by atoms with E-state index in [-0.39, 0.29) is 11.8 Å². The Kier molecular flexibility index (Phi) is 4.87. The molecule has 1 aromatic carbocycles. The van der Waals surface area contributed by atoms with Crippen LogP contribution in [-0.2, 0) is 9.53 Å². The summed E-state index contributed by atoms with van der Waals surface area (Å²) in [6, 6.07) is 4.65. The smallest absolute Gasteiger partial charge is 0.333 e. The second kappa shape index (κ2) is 5.96. The third-order valence-electron chi connectivity index (χ3n) is 2.50. The minimum atomic E-state index is -0.342. The monoisotopic (exact) mass is 300 g/mol. The fourth-order valence-corrected chi connectivity index (χ4v) is 1.72. The Morgan fingerprint density at radius 3 is 2.59 bits per heavy atom. The average molecular weight is 301 g/mol. The molecule has 0 N–H and O–H groups in total. The summed E-state index contributed by atoms with van der Waals surface area (Å²) in [6.07, 6.45) is 0. The summed E-state index contributed by atoms with van der Waals surface area (Å²) in [5.41, 5.74) is 2.11. The van der Waals surface area contributed by atoms with Gasteiger partial charge in [-0.25, -0.2) is 9.18 Å². The van der Waals surface area contributed by atoms with Gasteiger partial charge in [0.25, 0.3) is 0 Å². The Morgan fingerprint density at radius 1 is 1.41 bits per heavy atom. The van der Waals surface area contributed by atoms with Crippen molar-refractivity contribution in [3.05, 3.63) is 39.6 Å². The molecule has 1 aromatic rings. The normalized spacial score (nSPS) is 12.1. The van der Waals surface area contributed by atoms with E-state index in [0.717, 1.165) is 11.1 Å². The van der Waals surface area contributed by atoms with E-state index >= 15 is 0 Å². The van der Waals surface area contributed by atoms with Crippen LogP contribution in [0.4, 0.5) is 4.39 Å². The van der Waals surface area contributed by atoms with Crippen LogP contribution in [0.1, 0.15) is 26.3 Å². The van der Waals surface area contributed by atoms with Gasteiger partial charge < -0.3 is 4.74 Å². The van der Waals surface area contributed by atoms with Gasteiger partial charge in [0.15, 0.2) is 0 Å². The Morgan fingerprint density at radius 2 is 2.06 bits per heavy atom. The lowest BCUT2D eigenvalue weighted by Crippen LogP contribution is -2.06. The number of rotatable bonds is 3. The number of carbonyl (C=O) groups excluding carboxylic acids is 1. The molecule has 0 aromatic heterocycles. The van der Waals surface area contributed by atoms with E-state index in [9.17, 15) is 9.18 Å². The van der Waals surface area contributed by atoms with Crippen molar-refractivity contribution >= 4 is 27.5 Å². The zero-order valence-corrected chi connectivity index (χ0v) is 11.6. The fourth-order valence-electron chi connectivity index (χ4n) is 1.34. The van der Waals surface area contributed by atoms with E-state index in [1.54, 1.807) is 26.0 Å². The minimum Gasteiger partial charge on any atom is -0.463 e. The lowest BCUT2D eigenvalue weighted by molar-refractivity contribution is -0.138. The first-order valence-electron chi connectivity index (χ1n) is 5.27. The Hall–Kier alpha value is -1.16. The molecule has 1 rings (SSSR count). The molecule has 0 atom stereocenters. The number of benzene rings is 1. The predicted octanol–water partition coefficient (Wildman–Crippen LogP) is 3.94. The molecule has 2 nitrogen and oxygen atoms in total. The molecule has 0 aliphatic heterocycles. The molecule has 0 spiro atoms. The van der Waals surface area contributed by atoms with Gasteiger partial charge in [-0.1, -0.05) is 6.07 Å². The molecular formula is C13H14BrFO2. The van der Waals surface area contributed by atoms with E-state index < -0.39 is 0 Å². The molecule has 0 aliphatic rings. The van der Waals surface area contributed by atoms with E-state index in [1.807, 2.05) is 6.92 Å². The molecule has 92 valence electrons. The standard InChI is InChI=1S/C13H14BrFO2/c1-4-17-13(16)9(3)8(2)10-5-6-12(15)11(14)7-10/h5-7H,4H2,1-3H3/b9-8-. The summed E-state index contributed by atoms with van der Waals surface area (Å²) < 4.78 is 18.4. The van der Waals surface area contributed by atoms with E-state index in [2.05, 4.69) is 15.9 Å². The molecule has 0 amide bonds. The quantitative estimate of drug-likeness (QED) is 0.624. The molecule has 0 bridgehead atoms. The molecule has 0 aliphatic carbocycles. The van der Waals surface area contributed by atoms with Crippen molar-refractivity contribution in [2.45, 2.75) is 20.8 Å². The third-order valence-corrected chi connectivity index (χ3v) is 3.10. The van der Waals surface area contributed by atoms with Crippen molar-refractivity contribution in [1.82, 2.24) is 0 Å². The van der Waals surface area contributed by atoms with E-state index in [0.29, 0.717) is 16.7 Å². The summed E-state index contributed by atoms with van der Waals surface area (Å²) in [5, 5.41) is 0. The molecular weight excluding hydrogens is 287 g/mol. The van der Waals surface area contributed by atoms with E-state index in [1.165, 1.54) is 6.07 Å². The van der Waals surface area contributed by atoms with Crippen molar-refractivity contribution in [2.24, 2.45) is 0 Å². The maximum atomic E-state index is 13.1. The van der Waals surface area contributed by atoms with Crippen molar-refractivity contribution in [3.8, 4) is 0 Å². The van der Waals surface area contributed by atoms with Gasteiger partial charge in [-0.2, -0.15) is 0 Å². The second-order valence-electron chi connectivity index (χ2n) is 3.60. The number of allylic oxidation sites excluding steroid dienone is 1. The van der Waals surface area contributed by atoms with Gasteiger partial charge in [0, 0.05) is 5.57 Å². The highest BCUT2D eigenvalue weighted by molar-refractivity contribution is 9.10. The zero-order valence-electron chi connectivity index (χ0n) is 10.0. The second-order valence-corrected chi connectivity index (χ2v) is 4.45. The minimum absolute atomic E-state index is 0.324. The molecule has 0 heterocycles. The summed E-state index contributed by atoms with van der Waals surface area (Å²) >= 11 is 3.12. The van der Waals surface area contributed by atoms with Crippen LogP contribution in [0.25, 0.3) is 5.57 Å². The van der Waals surface area contributed by atoms with Gasteiger partial charge in [-0.15, -0.1) is 0 Å². The summed E-state index contributed by atoms with van der Waals surface area (Å²) in [6.45, 7) is 5.61. The van der Waals surface area contributed by atoms with Crippen LogP contribution in [0.15, 0.2) is 28.2 Å². The van der Waals surface area contributed by atoms with Gasteiger partial charge in [-0.3, -0.25) is 0 Å². The van der Waals surface area contributed by atoms with Crippen molar-refractivity contribution in [2.75, 3.05) is 6.61 Å². The van der Waals surface area contributed by atoms with Gasteiger partial charge in [-0.05, 0) is 60.0 Å². The molecule has 17 heavy (non-hydrogen) atoms. The lowest BCUT2D eigenvalue weighted by Gasteiger charge is -2.08. The summed E-state index contributed by atoms with van der Waals surface area (Å²) in [4.78, 5) is 11.5. The Balaban J connectivity index is 3.09. The molecule has 0 fully saturated rings. The van der Waals surface area contributed by atoms with Crippen LogP contribution < -0.4 is 0 Å². The van der Waals surface area contributed by atoms with Crippen LogP contribution in [0.3, 0.4) is 0 Å².